The van der Waals surface area contributed by atoms with E-state index in [1.54, 1.807) is 12.1 Å². The molecule has 0 aliphatic heterocycles. The zero-order valence-corrected chi connectivity index (χ0v) is 17.8. The summed E-state index contributed by atoms with van der Waals surface area (Å²) in [6, 6.07) is 16.6. The Morgan fingerprint density at radius 1 is 0.933 bits per heavy atom. The second-order valence-electron chi connectivity index (χ2n) is 9.10. The van der Waals surface area contributed by atoms with Crippen LogP contribution in [0.3, 0.4) is 0 Å². The normalized spacial score (nSPS) is 12.6. The van der Waals surface area contributed by atoms with Gasteiger partial charge in [0.2, 0.25) is 5.52 Å². The van der Waals surface area contributed by atoms with E-state index < -0.39 is 0 Å². The predicted molar refractivity (Wildman–Crippen MR) is 123 cm³/mol. The van der Waals surface area contributed by atoms with Gasteiger partial charge in [-0.15, -0.1) is 0 Å². The molecule has 3 heteroatoms. The third-order valence-electron chi connectivity index (χ3n) is 6.50. The van der Waals surface area contributed by atoms with Crippen LogP contribution in [0.5, 0.6) is 0 Å². The van der Waals surface area contributed by atoms with E-state index in [1.165, 1.54) is 38.3 Å². The molecule has 0 amide bonds. The molecule has 2 nitrogen and oxygen atoms in total. The van der Waals surface area contributed by atoms with Crippen LogP contribution in [-0.4, -0.2) is 4.40 Å². The van der Waals surface area contributed by atoms with E-state index in [2.05, 4.69) is 67.1 Å². The smallest absolute Gasteiger partial charge is 0.224 e. The van der Waals surface area contributed by atoms with Gasteiger partial charge in [-0.25, -0.2) is 8.96 Å². The molecule has 0 spiro atoms. The van der Waals surface area contributed by atoms with Crippen molar-refractivity contribution in [3.8, 4) is 0 Å². The van der Waals surface area contributed by atoms with Crippen molar-refractivity contribution in [3.05, 3.63) is 71.7 Å². The van der Waals surface area contributed by atoms with Crippen LogP contribution < -0.4 is 4.57 Å². The van der Waals surface area contributed by atoms with E-state index in [0.717, 1.165) is 28.2 Å². The molecule has 0 N–H and O–H groups in total. The highest BCUT2D eigenvalue weighted by atomic mass is 19.1. The highest BCUT2D eigenvalue weighted by Gasteiger charge is 2.24. The Morgan fingerprint density at radius 2 is 1.77 bits per heavy atom. The van der Waals surface area contributed by atoms with Crippen LogP contribution in [0.2, 0.25) is 0 Å². The van der Waals surface area contributed by atoms with Gasteiger partial charge in [0.15, 0.2) is 6.20 Å². The van der Waals surface area contributed by atoms with Gasteiger partial charge in [-0.2, -0.15) is 0 Å². The lowest BCUT2D eigenvalue weighted by atomic mass is 9.99. The van der Waals surface area contributed by atoms with Crippen molar-refractivity contribution in [2.75, 3.05) is 0 Å². The first-order valence-corrected chi connectivity index (χ1v) is 10.6. The summed E-state index contributed by atoms with van der Waals surface area (Å²) in [6.45, 7) is 6.68. The molecular weight excluding hydrogens is 371 g/mol. The predicted octanol–water partition coefficient (Wildman–Crippen LogP) is 6.46. The number of halogens is 1. The molecule has 0 aliphatic carbocycles. The van der Waals surface area contributed by atoms with Crippen molar-refractivity contribution in [2.45, 2.75) is 27.2 Å². The van der Waals surface area contributed by atoms with E-state index in [0.29, 0.717) is 5.92 Å². The molecule has 0 atom stereocenters. The summed E-state index contributed by atoms with van der Waals surface area (Å²) < 4.78 is 19.1. The van der Waals surface area contributed by atoms with Crippen molar-refractivity contribution in [2.24, 2.45) is 13.0 Å². The lowest BCUT2D eigenvalue weighted by Gasteiger charge is -2.12. The van der Waals surface area contributed by atoms with Gasteiger partial charge in [-0.1, -0.05) is 32.0 Å². The standard InChI is InChI=1S/C27H24FN2/c1-15(2)11-17-6-8-22-21(12-17)20-7-5-16(3)24-26(20)30(22)23-14-19(28)13-18-9-10-29(4)27(24)25(18)23/h5-10,12-15H,11H2,1-4H3/q+1. The van der Waals surface area contributed by atoms with E-state index >= 15 is 0 Å². The van der Waals surface area contributed by atoms with Gasteiger partial charge < -0.3 is 4.40 Å². The summed E-state index contributed by atoms with van der Waals surface area (Å²) >= 11 is 0. The van der Waals surface area contributed by atoms with Gasteiger partial charge in [0, 0.05) is 16.8 Å². The molecule has 0 unspecified atom stereocenters. The first-order chi connectivity index (χ1) is 14.4. The number of aromatic nitrogens is 2. The van der Waals surface area contributed by atoms with Crippen LogP contribution in [0, 0.1) is 18.7 Å². The minimum Gasteiger partial charge on any atom is -0.307 e. The van der Waals surface area contributed by atoms with Crippen molar-refractivity contribution in [1.82, 2.24) is 4.40 Å². The number of hydrogen-bond acceptors (Lipinski definition) is 0. The molecule has 6 rings (SSSR count). The first-order valence-electron chi connectivity index (χ1n) is 10.6. The third-order valence-corrected chi connectivity index (χ3v) is 6.50. The van der Waals surface area contributed by atoms with Gasteiger partial charge in [0.25, 0.3) is 0 Å². The van der Waals surface area contributed by atoms with Gasteiger partial charge in [0.1, 0.15) is 12.9 Å². The highest BCUT2D eigenvalue weighted by molar-refractivity contribution is 6.25. The van der Waals surface area contributed by atoms with Crippen LogP contribution >= 0.6 is 0 Å². The molecule has 148 valence electrons. The molecule has 0 aliphatic rings. The number of hydrogen-bond donors (Lipinski definition) is 0. The van der Waals surface area contributed by atoms with E-state index in [1.807, 2.05) is 12.3 Å². The number of aryl methyl sites for hydroxylation is 2. The maximum absolute atomic E-state index is 14.7. The molecule has 3 aromatic heterocycles. The molecule has 0 fully saturated rings. The summed E-state index contributed by atoms with van der Waals surface area (Å²) in [5.74, 6) is 0.412. The molecule has 0 bridgehead atoms. The Morgan fingerprint density at radius 3 is 2.57 bits per heavy atom. The molecule has 0 saturated carbocycles. The number of fused-ring (bicyclic) bond motifs is 5. The minimum absolute atomic E-state index is 0.195. The van der Waals surface area contributed by atoms with Crippen LogP contribution in [-0.2, 0) is 13.5 Å². The summed E-state index contributed by atoms with van der Waals surface area (Å²) in [7, 11) is 2.08. The fraction of sp³-hybridized carbons (Fsp3) is 0.222. The molecule has 0 saturated heterocycles. The largest absolute Gasteiger partial charge is 0.307 e. The SMILES string of the molecule is Cc1ccc2c3cc(CC(C)C)ccc3n3c4cc(F)cc5cc[n+](C)c(c1c23)c54. The number of benzene rings is 3. The number of nitrogens with zero attached hydrogens (tertiary/aromatic N) is 2. The monoisotopic (exact) mass is 395 g/mol. The summed E-state index contributed by atoms with van der Waals surface area (Å²) in [6.07, 6.45) is 3.10. The Kier molecular flexibility index (Phi) is 3.48. The summed E-state index contributed by atoms with van der Waals surface area (Å²) in [5.41, 5.74) is 7.04. The Balaban J connectivity index is 1.96. The van der Waals surface area contributed by atoms with Gasteiger partial charge in [-0.3, -0.25) is 0 Å². The quantitative estimate of drug-likeness (QED) is 0.181. The van der Waals surface area contributed by atoms with Crippen molar-refractivity contribution < 1.29 is 8.96 Å². The van der Waals surface area contributed by atoms with Crippen molar-refractivity contribution in [3.63, 3.8) is 0 Å². The number of pyridine rings is 2. The average molecular weight is 396 g/mol. The van der Waals surface area contributed by atoms with Crippen molar-refractivity contribution in [1.29, 1.82) is 0 Å². The first kappa shape index (κ1) is 17.6. The molecule has 30 heavy (non-hydrogen) atoms. The summed E-state index contributed by atoms with van der Waals surface area (Å²) in [4.78, 5) is 0. The maximum atomic E-state index is 14.7. The zero-order chi connectivity index (χ0) is 20.7. The fourth-order valence-electron chi connectivity index (χ4n) is 5.33. The van der Waals surface area contributed by atoms with Gasteiger partial charge >= 0.3 is 0 Å². The Hall–Kier alpha value is -3.20. The zero-order valence-electron chi connectivity index (χ0n) is 17.8. The molecular formula is C27H24FN2+. The second kappa shape index (κ2) is 5.91. The topological polar surface area (TPSA) is 8.29 Å². The molecule has 6 aromatic rings. The van der Waals surface area contributed by atoms with E-state index in [4.69, 9.17) is 0 Å². The van der Waals surface area contributed by atoms with Crippen LogP contribution in [0.25, 0.3) is 49.0 Å². The highest BCUT2D eigenvalue weighted by Crippen LogP contribution is 2.41. The molecule has 3 heterocycles. The van der Waals surface area contributed by atoms with Crippen LogP contribution in [0.1, 0.15) is 25.0 Å². The lowest BCUT2D eigenvalue weighted by molar-refractivity contribution is -0.643. The van der Waals surface area contributed by atoms with Crippen LogP contribution in [0.4, 0.5) is 4.39 Å². The van der Waals surface area contributed by atoms with Crippen LogP contribution in [0.15, 0.2) is 54.7 Å². The van der Waals surface area contributed by atoms with E-state index in [-0.39, 0.29) is 5.82 Å². The minimum atomic E-state index is -0.195. The third kappa shape index (κ3) is 2.21. The second-order valence-corrected chi connectivity index (χ2v) is 9.10. The fourth-order valence-corrected chi connectivity index (χ4v) is 5.33. The maximum Gasteiger partial charge on any atom is 0.224 e. The van der Waals surface area contributed by atoms with Gasteiger partial charge in [-0.05, 0) is 60.0 Å². The molecule has 3 aromatic carbocycles. The Labute approximate surface area is 174 Å². The van der Waals surface area contributed by atoms with Crippen molar-refractivity contribution >= 4 is 49.0 Å². The van der Waals surface area contributed by atoms with Gasteiger partial charge in [0.05, 0.1) is 27.3 Å². The van der Waals surface area contributed by atoms with E-state index in [9.17, 15) is 4.39 Å². The number of rotatable bonds is 2. The average Bonchev–Trinajstić information content (AvgIpc) is 3.02. The Bertz CT molecular complexity index is 1620. The molecule has 0 radical (unpaired) electrons. The lowest BCUT2D eigenvalue weighted by Crippen LogP contribution is -2.28. The summed E-state index contributed by atoms with van der Waals surface area (Å²) in [5, 5.41) is 5.80.